The van der Waals surface area contributed by atoms with Crippen LogP contribution in [0.15, 0.2) is 65.6 Å². The lowest BCUT2D eigenvalue weighted by atomic mass is 10.1. The Labute approximate surface area is 128 Å². The zero-order valence-corrected chi connectivity index (χ0v) is 12.5. The van der Waals surface area contributed by atoms with Crippen molar-refractivity contribution in [1.29, 1.82) is 0 Å². The molecule has 0 saturated heterocycles. The molecule has 1 heterocycles. The number of hydrogen-bond acceptors (Lipinski definition) is 3. The van der Waals surface area contributed by atoms with Crippen molar-refractivity contribution in [3.05, 3.63) is 66.2 Å². The average Bonchev–Trinajstić information content (AvgIpc) is 2.98. The number of methoxy groups -OCH3 is 1. The number of benzene rings is 3. The summed E-state index contributed by atoms with van der Waals surface area (Å²) in [6.07, 6.45) is 0. The maximum Gasteiger partial charge on any atom is 0.119 e. The van der Waals surface area contributed by atoms with Crippen molar-refractivity contribution in [1.82, 2.24) is 0 Å². The van der Waals surface area contributed by atoms with Gasteiger partial charge in [0, 0.05) is 10.6 Å². The SMILES string of the molecule is COc1ccc2cc(C3Nc4ccccc4S3)ccc2c1. The topological polar surface area (TPSA) is 21.3 Å². The van der Waals surface area contributed by atoms with Crippen LogP contribution in [0.5, 0.6) is 5.75 Å². The number of para-hydroxylation sites is 1. The van der Waals surface area contributed by atoms with Gasteiger partial charge in [-0.1, -0.05) is 42.1 Å². The molecule has 1 aliphatic rings. The number of ether oxygens (including phenoxy) is 1. The van der Waals surface area contributed by atoms with Crippen LogP contribution in [0, 0.1) is 0 Å². The Bertz CT molecular complexity index is 790. The van der Waals surface area contributed by atoms with Gasteiger partial charge in [-0.3, -0.25) is 0 Å². The minimum atomic E-state index is 0.286. The van der Waals surface area contributed by atoms with Crippen LogP contribution in [-0.2, 0) is 0 Å². The van der Waals surface area contributed by atoms with Crippen molar-refractivity contribution in [2.24, 2.45) is 0 Å². The highest BCUT2D eigenvalue weighted by atomic mass is 32.2. The number of anilines is 1. The zero-order chi connectivity index (χ0) is 14.2. The first-order chi connectivity index (χ1) is 10.3. The summed E-state index contributed by atoms with van der Waals surface area (Å²) in [5, 5.41) is 6.31. The van der Waals surface area contributed by atoms with Crippen LogP contribution in [0.25, 0.3) is 10.8 Å². The molecule has 1 aliphatic heterocycles. The van der Waals surface area contributed by atoms with E-state index in [1.54, 1.807) is 7.11 Å². The molecule has 0 amide bonds. The quantitative estimate of drug-likeness (QED) is 0.713. The van der Waals surface area contributed by atoms with Crippen LogP contribution in [0.4, 0.5) is 5.69 Å². The number of nitrogens with one attached hydrogen (secondary N) is 1. The predicted molar refractivity (Wildman–Crippen MR) is 89.2 cm³/mol. The molecule has 0 aromatic heterocycles. The summed E-state index contributed by atoms with van der Waals surface area (Å²) in [4.78, 5) is 1.32. The van der Waals surface area contributed by atoms with Crippen LogP contribution in [0.1, 0.15) is 10.9 Å². The van der Waals surface area contributed by atoms with E-state index in [9.17, 15) is 0 Å². The minimum Gasteiger partial charge on any atom is -0.497 e. The van der Waals surface area contributed by atoms with Gasteiger partial charge in [-0.15, -0.1) is 0 Å². The van der Waals surface area contributed by atoms with Gasteiger partial charge in [0.05, 0.1) is 7.11 Å². The molecule has 3 aromatic rings. The maximum atomic E-state index is 5.28. The van der Waals surface area contributed by atoms with Crippen LogP contribution in [0.3, 0.4) is 0 Å². The van der Waals surface area contributed by atoms with E-state index in [-0.39, 0.29) is 5.37 Å². The summed E-state index contributed by atoms with van der Waals surface area (Å²) >= 11 is 1.87. The fourth-order valence-corrected chi connectivity index (χ4v) is 3.80. The fraction of sp³-hybridized carbons (Fsp3) is 0.111. The van der Waals surface area contributed by atoms with Crippen LogP contribution in [0.2, 0.25) is 0 Å². The van der Waals surface area contributed by atoms with E-state index in [0.29, 0.717) is 0 Å². The van der Waals surface area contributed by atoms with Gasteiger partial charge in [0.25, 0.3) is 0 Å². The molecular formula is C18H15NOS. The van der Waals surface area contributed by atoms with Crippen molar-refractivity contribution >= 4 is 28.2 Å². The normalized spacial score (nSPS) is 16.5. The van der Waals surface area contributed by atoms with Gasteiger partial charge in [-0.25, -0.2) is 0 Å². The number of fused-ring (bicyclic) bond motifs is 2. The molecule has 0 saturated carbocycles. The first-order valence-corrected chi connectivity index (χ1v) is 7.81. The molecule has 2 nitrogen and oxygen atoms in total. The average molecular weight is 293 g/mol. The van der Waals surface area contributed by atoms with Crippen molar-refractivity contribution in [2.75, 3.05) is 12.4 Å². The van der Waals surface area contributed by atoms with Gasteiger partial charge in [-0.2, -0.15) is 0 Å². The van der Waals surface area contributed by atoms with Crippen molar-refractivity contribution < 1.29 is 4.74 Å². The highest BCUT2D eigenvalue weighted by Gasteiger charge is 2.22. The van der Waals surface area contributed by atoms with Gasteiger partial charge in [-0.05, 0) is 46.7 Å². The molecule has 0 spiro atoms. The summed E-state index contributed by atoms with van der Waals surface area (Å²) < 4.78 is 5.28. The first kappa shape index (κ1) is 12.6. The molecule has 0 aliphatic carbocycles. The molecular weight excluding hydrogens is 278 g/mol. The standard InChI is InChI=1S/C18H15NOS/c1-20-15-9-8-12-10-14(7-6-13(12)11-15)18-19-16-4-2-3-5-17(16)21-18/h2-11,18-19H,1H3. The summed E-state index contributed by atoms with van der Waals surface area (Å²) in [5.41, 5.74) is 2.52. The Kier molecular flexibility index (Phi) is 3.00. The first-order valence-electron chi connectivity index (χ1n) is 6.93. The van der Waals surface area contributed by atoms with Gasteiger partial charge in [0.15, 0.2) is 0 Å². The van der Waals surface area contributed by atoms with Crippen LogP contribution in [-0.4, -0.2) is 7.11 Å². The van der Waals surface area contributed by atoms with Gasteiger partial charge >= 0.3 is 0 Å². The third-order valence-electron chi connectivity index (χ3n) is 3.79. The minimum absolute atomic E-state index is 0.286. The third kappa shape index (κ3) is 2.24. The van der Waals surface area contributed by atoms with E-state index in [4.69, 9.17) is 4.74 Å². The summed E-state index contributed by atoms with van der Waals surface area (Å²) in [6, 6.07) is 21.3. The largest absolute Gasteiger partial charge is 0.497 e. The number of rotatable bonds is 2. The number of hydrogen-bond donors (Lipinski definition) is 1. The highest BCUT2D eigenvalue weighted by Crippen LogP contribution is 2.46. The van der Waals surface area contributed by atoms with Crippen molar-refractivity contribution in [3.63, 3.8) is 0 Å². The van der Waals surface area contributed by atoms with E-state index in [0.717, 1.165) is 5.75 Å². The molecule has 3 heteroatoms. The fourth-order valence-electron chi connectivity index (χ4n) is 2.67. The molecule has 4 rings (SSSR count). The van der Waals surface area contributed by atoms with E-state index in [2.05, 4.69) is 59.9 Å². The Morgan fingerprint density at radius 2 is 1.76 bits per heavy atom. The molecule has 0 bridgehead atoms. The molecule has 21 heavy (non-hydrogen) atoms. The van der Waals surface area contributed by atoms with E-state index < -0.39 is 0 Å². The molecule has 3 aromatic carbocycles. The van der Waals surface area contributed by atoms with Crippen LogP contribution >= 0.6 is 11.8 Å². The lowest BCUT2D eigenvalue weighted by molar-refractivity contribution is 0.415. The molecule has 1 atom stereocenters. The Balaban J connectivity index is 1.69. The smallest absolute Gasteiger partial charge is 0.119 e. The van der Waals surface area contributed by atoms with E-state index in [1.165, 1.54) is 26.9 Å². The highest BCUT2D eigenvalue weighted by molar-refractivity contribution is 8.00. The molecule has 0 radical (unpaired) electrons. The van der Waals surface area contributed by atoms with Crippen molar-refractivity contribution in [3.8, 4) is 5.75 Å². The summed E-state index contributed by atoms with van der Waals surface area (Å²) in [5.74, 6) is 0.899. The molecule has 0 fully saturated rings. The lowest BCUT2D eigenvalue weighted by Crippen LogP contribution is -2.00. The van der Waals surface area contributed by atoms with Gasteiger partial charge in [0.1, 0.15) is 11.1 Å². The predicted octanol–water partition coefficient (Wildman–Crippen LogP) is 5.06. The second-order valence-electron chi connectivity index (χ2n) is 5.11. The summed E-state index contributed by atoms with van der Waals surface area (Å²) in [7, 11) is 1.70. The number of thioether (sulfide) groups is 1. The van der Waals surface area contributed by atoms with Gasteiger partial charge < -0.3 is 10.1 Å². The Morgan fingerprint density at radius 1 is 0.952 bits per heavy atom. The van der Waals surface area contributed by atoms with E-state index in [1.807, 2.05) is 17.8 Å². The lowest BCUT2D eigenvalue weighted by Gasteiger charge is -2.12. The zero-order valence-electron chi connectivity index (χ0n) is 11.7. The third-order valence-corrected chi connectivity index (χ3v) is 5.03. The van der Waals surface area contributed by atoms with Crippen LogP contribution < -0.4 is 10.1 Å². The second kappa shape index (κ2) is 5.01. The van der Waals surface area contributed by atoms with E-state index >= 15 is 0 Å². The van der Waals surface area contributed by atoms with Gasteiger partial charge in [0.2, 0.25) is 0 Å². The Morgan fingerprint density at radius 3 is 2.62 bits per heavy atom. The molecule has 1 unspecified atom stereocenters. The Hall–Kier alpha value is -2.13. The monoisotopic (exact) mass is 293 g/mol. The molecule has 104 valence electrons. The molecule has 1 N–H and O–H groups in total. The maximum absolute atomic E-state index is 5.28. The summed E-state index contributed by atoms with van der Waals surface area (Å²) in [6.45, 7) is 0. The second-order valence-corrected chi connectivity index (χ2v) is 6.26. The van der Waals surface area contributed by atoms with Crippen molar-refractivity contribution in [2.45, 2.75) is 10.3 Å².